The minimum Gasteiger partial charge on any atom is -0.497 e. The Morgan fingerprint density at radius 3 is 2.36 bits per heavy atom. The molecule has 0 radical (unpaired) electrons. The highest BCUT2D eigenvalue weighted by molar-refractivity contribution is 5.67. The highest BCUT2D eigenvalue weighted by atomic mass is 19.1. The molecule has 0 N–H and O–H groups in total. The molecule has 0 spiro atoms. The number of ether oxygens (including phenoxy) is 1. The zero-order valence-corrected chi connectivity index (χ0v) is 14.3. The van der Waals surface area contributed by atoms with Gasteiger partial charge in [-0.3, -0.25) is 0 Å². The van der Waals surface area contributed by atoms with E-state index in [1.54, 1.807) is 7.11 Å². The van der Waals surface area contributed by atoms with Crippen LogP contribution in [0.1, 0.15) is 30.5 Å². The van der Waals surface area contributed by atoms with Gasteiger partial charge in [0.1, 0.15) is 11.6 Å². The molecule has 3 aromatic rings. The Balaban J connectivity index is 1.89. The molecule has 0 saturated heterocycles. The second kappa shape index (κ2) is 6.71. The van der Waals surface area contributed by atoms with E-state index in [4.69, 9.17) is 9.84 Å². The summed E-state index contributed by atoms with van der Waals surface area (Å²) in [4.78, 5) is 0. The maximum absolute atomic E-state index is 13.4. The first-order chi connectivity index (χ1) is 12.3. The van der Waals surface area contributed by atoms with Gasteiger partial charge in [-0.05, 0) is 74.2 Å². The maximum atomic E-state index is 13.4. The van der Waals surface area contributed by atoms with E-state index in [2.05, 4.69) is 0 Å². The molecule has 0 amide bonds. The molecule has 25 heavy (non-hydrogen) atoms. The lowest BCUT2D eigenvalue weighted by Crippen LogP contribution is -2.01. The van der Waals surface area contributed by atoms with E-state index in [1.165, 1.54) is 42.7 Å². The summed E-state index contributed by atoms with van der Waals surface area (Å²) in [6.07, 6.45) is 5.62. The lowest BCUT2D eigenvalue weighted by molar-refractivity contribution is 0.414. The van der Waals surface area contributed by atoms with E-state index in [1.807, 2.05) is 41.1 Å². The Labute approximate surface area is 147 Å². The van der Waals surface area contributed by atoms with Crippen molar-refractivity contribution < 1.29 is 9.13 Å². The third-order valence-corrected chi connectivity index (χ3v) is 4.84. The predicted octanol–water partition coefficient (Wildman–Crippen LogP) is 4.96. The Morgan fingerprint density at radius 2 is 1.64 bits per heavy atom. The van der Waals surface area contributed by atoms with E-state index in [0.717, 1.165) is 35.5 Å². The molecule has 1 aromatic heterocycles. The molecule has 1 aliphatic rings. The van der Waals surface area contributed by atoms with Gasteiger partial charge in [0.25, 0.3) is 0 Å². The van der Waals surface area contributed by atoms with Crippen molar-refractivity contribution in [2.75, 3.05) is 7.11 Å². The average molecular weight is 336 g/mol. The van der Waals surface area contributed by atoms with Crippen LogP contribution in [0.25, 0.3) is 16.9 Å². The molecular formula is C21H21FN2O. The van der Waals surface area contributed by atoms with Gasteiger partial charge in [-0.15, -0.1) is 0 Å². The SMILES string of the molecule is COc1ccc(-n2nc3c(c2-c2ccc(F)cc2)CCCCC3)cc1. The molecule has 0 fully saturated rings. The lowest BCUT2D eigenvalue weighted by Gasteiger charge is -2.11. The van der Waals surface area contributed by atoms with Crippen LogP contribution in [0.5, 0.6) is 5.75 Å². The number of benzene rings is 2. The van der Waals surface area contributed by atoms with Gasteiger partial charge in [-0.2, -0.15) is 5.10 Å². The summed E-state index contributed by atoms with van der Waals surface area (Å²) < 4.78 is 20.7. The lowest BCUT2D eigenvalue weighted by atomic mass is 10.0. The number of nitrogens with zero attached hydrogens (tertiary/aromatic N) is 2. The standard InChI is InChI=1S/C21H21FN2O/c1-25-18-13-11-17(12-14-18)24-21(15-7-9-16(22)10-8-15)19-5-3-2-4-6-20(19)23-24/h7-14H,2-6H2,1H3. The number of methoxy groups -OCH3 is 1. The first kappa shape index (κ1) is 15.9. The largest absolute Gasteiger partial charge is 0.497 e. The van der Waals surface area contributed by atoms with Crippen LogP contribution >= 0.6 is 0 Å². The molecular weight excluding hydrogens is 315 g/mol. The van der Waals surface area contributed by atoms with Gasteiger partial charge in [0.15, 0.2) is 0 Å². The number of rotatable bonds is 3. The van der Waals surface area contributed by atoms with Crippen LogP contribution in [0.15, 0.2) is 48.5 Å². The van der Waals surface area contributed by atoms with Gasteiger partial charge in [0.2, 0.25) is 0 Å². The summed E-state index contributed by atoms with van der Waals surface area (Å²) in [6.45, 7) is 0. The summed E-state index contributed by atoms with van der Waals surface area (Å²) in [5.41, 5.74) is 5.57. The third-order valence-electron chi connectivity index (χ3n) is 4.84. The predicted molar refractivity (Wildman–Crippen MR) is 96.8 cm³/mol. The van der Waals surface area contributed by atoms with Gasteiger partial charge >= 0.3 is 0 Å². The van der Waals surface area contributed by atoms with Crippen molar-refractivity contribution in [1.82, 2.24) is 9.78 Å². The number of aromatic nitrogens is 2. The molecule has 2 aromatic carbocycles. The molecule has 1 aliphatic carbocycles. The fraction of sp³-hybridized carbons (Fsp3) is 0.286. The second-order valence-corrected chi connectivity index (χ2v) is 6.45. The monoisotopic (exact) mass is 336 g/mol. The van der Waals surface area contributed by atoms with Crippen molar-refractivity contribution in [3.63, 3.8) is 0 Å². The van der Waals surface area contributed by atoms with Gasteiger partial charge in [-0.25, -0.2) is 9.07 Å². The minimum atomic E-state index is -0.217. The van der Waals surface area contributed by atoms with Crippen LogP contribution in [-0.2, 0) is 12.8 Å². The van der Waals surface area contributed by atoms with Crippen molar-refractivity contribution >= 4 is 0 Å². The van der Waals surface area contributed by atoms with E-state index in [-0.39, 0.29) is 5.82 Å². The number of halogens is 1. The second-order valence-electron chi connectivity index (χ2n) is 6.45. The Bertz CT molecular complexity index is 866. The third kappa shape index (κ3) is 3.04. The zero-order chi connectivity index (χ0) is 17.2. The van der Waals surface area contributed by atoms with Crippen LogP contribution in [-0.4, -0.2) is 16.9 Å². The highest BCUT2D eigenvalue weighted by Crippen LogP contribution is 2.33. The van der Waals surface area contributed by atoms with Crippen molar-refractivity contribution in [1.29, 1.82) is 0 Å². The number of fused-ring (bicyclic) bond motifs is 1. The Kier molecular flexibility index (Phi) is 4.26. The van der Waals surface area contributed by atoms with Crippen molar-refractivity contribution in [2.45, 2.75) is 32.1 Å². The molecule has 3 nitrogen and oxygen atoms in total. The van der Waals surface area contributed by atoms with Crippen LogP contribution < -0.4 is 4.74 Å². The van der Waals surface area contributed by atoms with Crippen LogP contribution in [0.4, 0.5) is 4.39 Å². The summed E-state index contributed by atoms with van der Waals surface area (Å²) in [5, 5.41) is 4.92. The average Bonchev–Trinajstić information content (AvgIpc) is 2.85. The normalized spacial score (nSPS) is 14.0. The minimum absolute atomic E-state index is 0.217. The molecule has 0 bridgehead atoms. The number of hydrogen-bond donors (Lipinski definition) is 0. The fourth-order valence-electron chi connectivity index (χ4n) is 3.54. The van der Waals surface area contributed by atoms with Crippen LogP contribution in [0, 0.1) is 5.82 Å². The molecule has 0 unspecified atom stereocenters. The van der Waals surface area contributed by atoms with Crippen molar-refractivity contribution in [2.24, 2.45) is 0 Å². The Hall–Kier alpha value is -2.62. The first-order valence-corrected chi connectivity index (χ1v) is 8.77. The van der Waals surface area contributed by atoms with E-state index in [9.17, 15) is 4.39 Å². The summed E-state index contributed by atoms with van der Waals surface area (Å²) >= 11 is 0. The molecule has 0 aliphatic heterocycles. The maximum Gasteiger partial charge on any atom is 0.123 e. The fourth-order valence-corrected chi connectivity index (χ4v) is 3.54. The van der Waals surface area contributed by atoms with Gasteiger partial charge in [-0.1, -0.05) is 6.42 Å². The van der Waals surface area contributed by atoms with Gasteiger partial charge in [0.05, 0.1) is 24.2 Å². The van der Waals surface area contributed by atoms with Gasteiger partial charge in [0, 0.05) is 11.1 Å². The zero-order valence-electron chi connectivity index (χ0n) is 14.3. The molecule has 4 heteroatoms. The summed E-state index contributed by atoms with van der Waals surface area (Å²) in [5.74, 6) is 0.603. The molecule has 0 saturated carbocycles. The van der Waals surface area contributed by atoms with Crippen molar-refractivity contribution in [3.8, 4) is 22.7 Å². The first-order valence-electron chi connectivity index (χ1n) is 8.77. The highest BCUT2D eigenvalue weighted by Gasteiger charge is 2.21. The van der Waals surface area contributed by atoms with E-state index in [0.29, 0.717) is 0 Å². The van der Waals surface area contributed by atoms with E-state index < -0.39 is 0 Å². The Morgan fingerprint density at radius 1 is 0.920 bits per heavy atom. The molecule has 0 atom stereocenters. The van der Waals surface area contributed by atoms with Crippen LogP contribution in [0.3, 0.4) is 0 Å². The number of hydrogen-bond acceptors (Lipinski definition) is 2. The summed E-state index contributed by atoms with van der Waals surface area (Å²) in [6, 6.07) is 14.6. The summed E-state index contributed by atoms with van der Waals surface area (Å²) in [7, 11) is 1.66. The molecule has 4 rings (SSSR count). The van der Waals surface area contributed by atoms with Crippen molar-refractivity contribution in [3.05, 3.63) is 65.6 Å². The quantitative estimate of drug-likeness (QED) is 0.632. The topological polar surface area (TPSA) is 27.1 Å². The smallest absolute Gasteiger partial charge is 0.123 e. The van der Waals surface area contributed by atoms with Gasteiger partial charge < -0.3 is 4.74 Å². The van der Waals surface area contributed by atoms with E-state index >= 15 is 0 Å². The van der Waals surface area contributed by atoms with Crippen LogP contribution in [0.2, 0.25) is 0 Å². The number of aryl methyl sites for hydroxylation is 1. The molecule has 1 heterocycles. The molecule has 128 valence electrons.